The Morgan fingerprint density at radius 3 is 2.74 bits per heavy atom. The van der Waals surface area contributed by atoms with Crippen LogP contribution < -0.4 is 0 Å². The number of nitrogens with zero attached hydrogens (tertiary/aromatic N) is 2. The number of amides is 1. The van der Waals surface area contributed by atoms with Crippen molar-refractivity contribution in [3.8, 4) is 0 Å². The van der Waals surface area contributed by atoms with Gasteiger partial charge in [-0.3, -0.25) is 4.79 Å². The molecule has 0 unspecified atom stereocenters. The predicted molar refractivity (Wildman–Crippen MR) is 71.2 cm³/mol. The predicted octanol–water partition coefficient (Wildman–Crippen LogP) is 0.0478. The number of rotatable bonds is 3. The molecule has 2 saturated heterocycles. The molecule has 0 spiro atoms. The first kappa shape index (κ1) is 14.7. The molecule has 2 atom stereocenters. The van der Waals surface area contributed by atoms with Gasteiger partial charge in [0.1, 0.15) is 6.04 Å². The second kappa shape index (κ2) is 5.76. The number of carbonyl (C=O) groups is 1. The van der Waals surface area contributed by atoms with Crippen molar-refractivity contribution in [2.75, 3.05) is 32.5 Å². The lowest BCUT2D eigenvalue weighted by molar-refractivity contribution is -0.142. The largest absolute Gasteiger partial charge is 0.375 e. The Bertz CT molecular complexity index is 437. The fourth-order valence-corrected chi connectivity index (χ4v) is 3.88. The number of hydrogen-bond donors (Lipinski definition) is 0. The van der Waals surface area contributed by atoms with Crippen molar-refractivity contribution in [3.63, 3.8) is 0 Å². The molecule has 2 aliphatic rings. The second-order valence-electron chi connectivity index (χ2n) is 5.22. The SMILES string of the molecule is CC[C@@H]1CN(C(=O)[C@H]2CCCN2S(C)(=O)=O)CCO1. The first-order valence-electron chi connectivity index (χ1n) is 6.80. The average molecular weight is 290 g/mol. The molecule has 6 nitrogen and oxygen atoms in total. The molecule has 7 heteroatoms. The third-order valence-corrected chi connectivity index (χ3v) is 5.11. The minimum absolute atomic E-state index is 0.0651. The van der Waals surface area contributed by atoms with Crippen LogP contribution in [0.3, 0.4) is 0 Å². The van der Waals surface area contributed by atoms with Gasteiger partial charge in [0, 0.05) is 19.6 Å². The highest BCUT2D eigenvalue weighted by Gasteiger charge is 2.39. The van der Waals surface area contributed by atoms with E-state index in [0.717, 1.165) is 12.8 Å². The fourth-order valence-electron chi connectivity index (χ4n) is 2.76. The first-order chi connectivity index (χ1) is 8.93. The Kier molecular flexibility index (Phi) is 4.47. The lowest BCUT2D eigenvalue weighted by Gasteiger charge is -2.35. The number of hydrogen-bond acceptors (Lipinski definition) is 4. The van der Waals surface area contributed by atoms with E-state index in [9.17, 15) is 13.2 Å². The van der Waals surface area contributed by atoms with Gasteiger partial charge in [0.2, 0.25) is 15.9 Å². The van der Waals surface area contributed by atoms with Gasteiger partial charge in [-0.15, -0.1) is 0 Å². The van der Waals surface area contributed by atoms with E-state index in [4.69, 9.17) is 4.74 Å². The summed E-state index contributed by atoms with van der Waals surface area (Å²) in [6.45, 7) is 4.15. The van der Waals surface area contributed by atoms with Crippen LogP contribution in [-0.2, 0) is 19.6 Å². The molecule has 2 rings (SSSR count). The van der Waals surface area contributed by atoms with Crippen LogP contribution in [0.5, 0.6) is 0 Å². The van der Waals surface area contributed by atoms with Crippen molar-refractivity contribution < 1.29 is 17.9 Å². The van der Waals surface area contributed by atoms with Crippen LogP contribution >= 0.6 is 0 Å². The summed E-state index contributed by atoms with van der Waals surface area (Å²) in [5.41, 5.74) is 0. The van der Waals surface area contributed by atoms with Crippen LogP contribution in [0.4, 0.5) is 0 Å². The summed E-state index contributed by atoms with van der Waals surface area (Å²) in [4.78, 5) is 14.2. The maximum atomic E-state index is 12.5. The van der Waals surface area contributed by atoms with Gasteiger partial charge in [0.25, 0.3) is 0 Å². The van der Waals surface area contributed by atoms with Gasteiger partial charge >= 0.3 is 0 Å². The summed E-state index contributed by atoms with van der Waals surface area (Å²) in [5, 5.41) is 0. The molecule has 0 aromatic rings. The van der Waals surface area contributed by atoms with Crippen LogP contribution in [0.25, 0.3) is 0 Å². The summed E-state index contributed by atoms with van der Waals surface area (Å²) in [6.07, 6.45) is 3.49. The minimum atomic E-state index is -3.30. The van der Waals surface area contributed by atoms with Crippen molar-refractivity contribution in [3.05, 3.63) is 0 Å². The summed E-state index contributed by atoms with van der Waals surface area (Å²) >= 11 is 0. The van der Waals surface area contributed by atoms with E-state index >= 15 is 0 Å². The zero-order chi connectivity index (χ0) is 14.0. The van der Waals surface area contributed by atoms with E-state index in [1.54, 1.807) is 4.90 Å². The van der Waals surface area contributed by atoms with E-state index in [0.29, 0.717) is 32.7 Å². The van der Waals surface area contributed by atoms with Crippen LogP contribution in [-0.4, -0.2) is 68.2 Å². The summed E-state index contributed by atoms with van der Waals surface area (Å²) in [7, 11) is -3.30. The Balaban J connectivity index is 2.06. The van der Waals surface area contributed by atoms with Crippen molar-refractivity contribution in [2.24, 2.45) is 0 Å². The third-order valence-electron chi connectivity index (χ3n) is 3.82. The lowest BCUT2D eigenvalue weighted by Crippen LogP contribution is -2.52. The van der Waals surface area contributed by atoms with Gasteiger partial charge in [-0.25, -0.2) is 8.42 Å². The molecular weight excluding hydrogens is 268 g/mol. The zero-order valence-electron chi connectivity index (χ0n) is 11.5. The molecule has 2 heterocycles. The van der Waals surface area contributed by atoms with E-state index in [1.807, 2.05) is 6.92 Å². The lowest BCUT2D eigenvalue weighted by atomic mass is 10.1. The van der Waals surface area contributed by atoms with Crippen LogP contribution in [0.2, 0.25) is 0 Å². The Morgan fingerprint density at radius 2 is 2.11 bits per heavy atom. The van der Waals surface area contributed by atoms with Crippen LogP contribution in [0, 0.1) is 0 Å². The van der Waals surface area contributed by atoms with Gasteiger partial charge in [-0.05, 0) is 19.3 Å². The number of sulfonamides is 1. The van der Waals surface area contributed by atoms with Gasteiger partial charge in [0.15, 0.2) is 0 Å². The van der Waals surface area contributed by atoms with Crippen LogP contribution in [0.15, 0.2) is 0 Å². The third kappa shape index (κ3) is 3.27. The topological polar surface area (TPSA) is 66.9 Å². The normalized spacial score (nSPS) is 29.7. The monoisotopic (exact) mass is 290 g/mol. The quantitative estimate of drug-likeness (QED) is 0.736. The maximum absolute atomic E-state index is 12.5. The molecule has 0 aliphatic carbocycles. The zero-order valence-corrected chi connectivity index (χ0v) is 12.4. The molecule has 0 N–H and O–H groups in total. The molecule has 0 aromatic heterocycles. The minimum Gasteiger partial charge on any atom is -0.375 e. The Labute approximate surface area is 114 Å². The smallest absolute Gasteiger partial charge is 0.241 e. The average Bonchev–Trinajstić information content (AvgIpc) is 2.87. The van der Waals surface area contributed by atoms with E-state index < -0.39 is 16.1 Å². The fraction of sp³-hybridized carbons (Fsp3) is 0.917. The molecule has 0 aromatic carbocycles. The number of ether oxygens (including phenoxy) is 1. The summed E-state index contributed by atoms with van der Waals surface area (Å²) in [6, 6.07) is -0.509. The molecule has 19 heavy (non-hydrogen) atoms. The molecule has 2 fully saturated rings. The van der Waals surface area contributed by atoms with Crippen molar-refractivity contribution >= 4 is 15.9 Å². The molecular formula is C12H22N2O4S. The second-order valence-corrected chi connectivity index (χ2v) is 7.15. The first-order valence-corrected chi connectivity index (χ1v) is 8.65. The van der Waals surface area contributed by atoms with Gasteiger partial charge in [-0.1, -0.05) is 6.92 Å². The molecule has 1 amide bonds. The highest BCUT2D eigenvalue weighted by Crippen LogP contribution is 2.23. The van der Waals surface area contributed by atoms with Crippen molar-refractivity contribution in [2.45, 2.75) is 38.3 Å². The Morgan fingerprint density at radius 1 is 1.37 bits per heavy atom. The maximum Gasteiger partial charge on any atom is 0.241 e. The van der Waals surface area contributed by atoms with E-state index in [1.165, 1.54) is 10.6 Å². The summed E-state index contributed by atoms with van der Waals surface area (Å²) in [5.74, 6) is -0.0651. The number of morpholine rings is 1. The highest BCUT2D eigenvalue weighted by atomic mass is 32.2. The Hall–Kier alpha value is -0.660. The molecule has 110 valence electrons. The van der Waals surface area contributed by atoms with E-state index in [2.05, 4.69) is 0 Å². The van der Waals surface area contributed by atoms with Crippen molar-refractivity contribution in [1.82, 2.24) is 9.21 Å². The van der Waals surface area contributed by atoms with E-state index in [-0.39, 0.29) is 12.0 Å². The molecule has 0 bridgehead atoms. The standard InChI is InChI=1S/C12H22N2O4S/c1-3-10-9-13(7-8-18-10)12(15)11-5-4-6-14(11)19(2,16)17/h10-11H,3-9H2,1-2H3/t10-,11-/m1/s1. The van der Waals surface area contributed by atoms with Crippen molar-refractivity contribution in [1.29, 1.82) is 0 Å². The molecule has 2 aliphatic heterocycles. The highest BCUT2D eigenvalue weighted by molar-refractivity contribution is 7.88. The van der Waals surface area contributed by atoms with Gasteiger partial charge in [-0.2, -0.15) is 4.31 Å². The number of carbonyl (C=O) groups excluding carboxylic acids is 1. The van der Waals surface area contributed by atoms with Gasteiger partial charge in [0.05, 0.1) is 19.0 Å². The molecule has 0 saturated carbocycles. The summed E-state index contributed by atoms with van der Waals surface area (Å²) < 4.78 is 30.2. The molecule has 0 radical (unpaired) electrons. The van der Waals surface area contributed by atoms with Crippen LogP contribution in [0.1, 0.15) is 26.2 Å². The van der Waals surface area contributed by atoms with Gasteiger partial charge < -0.3 is 9.64 Å².